The molecule has 0 N–H and O–H groups in total. The van der Waals surface area contributed by atoms with Gasteiger partial charge in [-0.15, -0.1) is 11.3 Å². The van der Waals surface area contributed by atoms with E-state index in [1.807, 2.05) is 17.0 Å². The summed E-state index contributed by atoms with van der Waals surface area (Å²) in [5.74, 6) is 0.233. The Balaban J connectivity index is 1.69. The summed E-state index contributed by atoms with van der Waals surface area (Å²) in [6, 6.07) is 3.85. The SMILES string of the molecule is COC(=O)C=Cc1c(N2CCCC(C=O)C2)nc2cc(CCc3nc(C(C)C)cs3)ccn2c1=O. The number of aryl methyl sites for hydroxylation is 2. The van der Waals surface area contributed by atoms with E-state index in [-0.39, 0.29) is 11.5 Å². The number of ether oxygens (including phenoxy) is 1. The monoisotopic (exact) mass is 494 g/mol. The lowest BCUT2D eigenvalue weighted by atomic mass is 9.99. The van der Waals surface area contributed by atoms with Crippen molar-refractivity contribution in [2.75, 3.05) is 25.1 Å². The Labute approximate surface area is 208 Å². The summed E-state index contributed by atoms with van der Waals surface area (Å²) in [5, 5.41) is 3.21. The predicted octanol–water partition coefficient (Wildman–Crippen LogP) is 3.66. The van der Waals surface area contributed by atoms with Crippen LogP contribution in [0.4, 0.5) is 5.82 Å². The van der Waals surface area contributed by atoms with E-state index in [9.17, 15) is 14.4 Å². The molecule has 4 rings (SSSR count). The topological polar surface area (TPSA) is 93.9 Å². The number of aldehydes is 1. The summed E-state index contributed by atoms with van der Waals surface area (Å²) in [5.41, 5.74) is 2.74. The quantitative estimate of drug-likeness (QED) is 0.268. The van der Waals surface area contributed by atoms with Gasteiger partial charge in [0.1, 0.15) is 17.8 Å². The average Bonchev–Trinajstić information content (AvgIpc) is 3.36. The molecule has 0 amide bonds. The molecular weight excluding hydrogens is 464 g/mol. The molecule has 4 heterocycles. The van der Waals surface area contributed by atoms with Gasteiger partial charge in [0.25, 0.3) is 5.56 Å². The van der Waals surface area contributed by atoms with E-state index < -0.39 is 5.97 Å². The number of fused-ring (bicyclic) bond motifs is 1. The maximum Gasteiger partial charge on any atom is 0.330 e. The van der Waals surface area contributed by atoms with E-state index in [0.29, 0.717) is 36.0 Å². The Kier molecular flexibility index (Phi) is 7.75. The Morgan fingerprint density at radius 3 is 2.86 bits per heavy atom. The van der Waals surface area contributed by atoms with Gasteiger partial charge in [0.05, 0.1) is 23.4 Å². The second-order valence-corrected chi connectivity index (χ2v) is 10.0. The van der Waals surface area contributed by atoms with Gasteiger partial charge in [0, 0.05) is 43.1 Å². The number of methoxy groups -OCH3 is 1. The van der Waals surface area contributed by atoms with E-state index in [2.05, 4.69) is 19.2 Å². The molecule has 0 saturated carbocycles. The predicted molar refractivity (Wildman–Crippen MR) is 137 cm³/mol. The van der Waals surface area contributed by atoms with Crippen LogP contribution in [0.15, 0.2) is 34.6 Å². The van der Waals surface area contributed by atoms with Gasteiger partial charge in [-0.05, 0) is 49.0 Å². The van der Waals surface area contributed by atoms with Crippen LogP contribution in [0.3, 0.4) is 0 Å². The highest BCUT2D eigenvalue weighted by Gasteiger charge is 2.24. The summed E-state index contributed by atoms with van der Waals surface area (Å²) >= 11 is 1.68. The number of carbonyl (C=O) groups is 2. The standard InChI is InChI=1S/C26H30N4O4S/c1-17(2)21-16-35-23(27-21)8-6-18-10-12-30-22(13-18)28-25(29-11-4-5-19(14-29)15-31)20(26(30)33)7-9-24(32)34-3/h7,9-10,12-13,15-17,19H,4-6,8,11,14H2,1-3H3. The van der Waals surface area contributed by atoms with Crippen molar-refractivity contribution in [2.45, 2.75) is 45.4 Å². The van der Waals surface area contributed by atoms with Crippen molar-refractivity contribution in [1.29, 1.82) is 0 Å². The number of piperidine rings is 1. The number of pyridine rings is 1. The molecule has 35 heavy (non-hydrogen) atoms. The minimum atomic E-state index is -0.553. The molecule has 1 aliphatic heterocycles. The largest absolute Gasteiger partial charge is 0.466 e. The van der Waals surface area contributed by atoms with Gasteiger partial charge in [-0.3, -0.25) is 9.20 Å². The van der Waals surface area contributed by atoms with Crippen molar-refractivity contribution in [3.63, 3.8) is 0 Å². The molecule has 0 bridgehead atoms. The summed E-state index contributed by atoms with van der Waals surface area (Å²) in [4.78, 5) is 48.1. The first-order chi connectivity index (χ1) is 16.9. The zero-order valence-electron chi connectivity index (χ0n) is 20.3. The fourth-order valence-electron chi connectivity index (χ4n) is 4.21. The molecule has 9 heteroatoms. The van der Waals surface area contributed by atoms with Gasteiger partial charge >= 0.3 is 5.97 Å². The molecule has 0 spiro atoms. The number of rotatable bonds is 8. The minimum Gasteiger partial charge on any atom is -0.466 e. The highest BCUT2D eigenvalue weighted by atomic mass is 32.1. The summed E-state index contributed by atoms with van der Waals surface area (Å²) < 4.78 is 6.18. The molecule has 0 aliphatic carbocycles. The number of hydrogen-bond acceptors (Lipinski definition) is 8. The maximum atomic E-state index is 13.4. The molecule has 0 radical (unpaired) electrons. The molecule has 1 unspecified atom stereocenters. The first-order valence-corrected chi connectivity index (χ1v) is 12.7. The van der Waals surface area contributed by atoms with Crippen LogP contribution in [0.5, 0.6) is 0 Å². The van der Waals surface area contributed by atoms with Crippen LogP contribution in [-0.2, 0) is 27.2 Å². The van der Waals surface area contributed by atoms with Crippen LogP contribution >= 0.6 is 11.3 Å². The second-order valence-electron chi connectivity index (χ2n) is 9.08. The number of thiazole rings is 1. The lowest BCUT2D eigenvalue weighted by Gasteiger charge is -2.32. The first-order valence-electron chi connectivity index (χ1n) is 11.9. The third kappa shape index (κ3) is 5.67. The molecule has 0 aromatic carbocycles. The molecule has 184 valence electrons. The van der Waals surface area contributed by atoms with E-state index in [4.69, 9.17) is 14.7 Å². The van der Waals surface area contributed by atoms with Crippen molar-refractivity contribution in [1.82, 2.24) is 14.4 Å². The molecule has 1 atom stereocenters. The number of nitrogens with zero attached hydrogens (tertiary/aromatic N) is 4. The zero-order valence-corrected chi connectivity index (χ0v) is 21.1. The lowest BCUT2D eigenvalue weighted by molar-refractivity contribution is -0.134. The van der Waals surface area contributed by atoms with Crippen molar-refractivity contribution >= 4 is 41.1 Å². The molecule has 1 saturated heterocycles. The first kappa shape index (κ1) is 24.8. The van der Waals surface area contributed by atoms with Crippen molar-refractivity contribution in [2.24, 2.45) is 5.92 Å². The van der Waals surface area contributed by atoms with Gasteiger partial charge in [-0.1, -0.05) is 13.8 Å². The van der Waals surface area contributed by atoms with Crippen LogP contribution in [0.1, 0.15) is 54.4 Å². The Hall–Kier alpha value is -3.33. The average molecular weight is 495 g/mol. The van der Waals surface area contributed by atoms with E-state index >= 15 is 0 Å². The van der Waals surface area contributed by atoms with Gasteiger partial charge in [0.15, 0.2) is 0 Å². The Morgan fingerprint density at radius 1 is 1.31 bits per heavy atom. The van der Waals surface area contributed by atoms with Crippen LogP contribution in [0.25, 0.3) is 11.7 Å². The van der Waals surface area contributed by atoms with Gasteiger partial charge < -0.3 is 14.4 Å². The summed E-state index contributed by atoms with van der Waals surface area (Å²) in [6.07, 6.45) is 8.62. The van der Waals surface area contributed by atoms with Crippen LogP contribution in [-0.4, -0.2) is 46.8 Å². The van der Waals surface area contributed by atoms with Gasteiger partial charge in [0.2, 0.25) is 0 Å². The third-order valence-corrected chi connectivity index (χ3v) is 7.16. The second kappa shape index (κ2) is 10.9. The number of anilines is 1. The van der Waals surface area contributed by atoms with Crippen molar-refractivity contribution in [3.05, 3.63) is 62.0 Å². The van der Waals surface area contributed by atoms with Gasteiger partial charge in [-0.25, -0.2) is 14.8 Å². The third-order valence-electron chi connectivity index (χ3n) is 6.24. The number of aromatic nitrogens is 3. The molecule has 1 fully saturated rings. The summed E-state index contributed by atoms with van der Waals surface area (Å²) in [7, 11) is 1.29. The van der Waals surface area contributed by atoms with Gasteiger partial charge in [-0.2, -0.15) is 0 Å². The molecular formula is C26H30N4O4S. The molecule has 3 aromatic heterocycles. The summed E-state index contributed by atoms with van der Waals surface area (Å²) in [6.45, 7) is 5.45. The van der Waals surface area contributed by atoms with Crippen molar-refractivity contribution in [3.8, 4) is 0 Å². The van der Waals surface area contributed by atoms with E-state index in [1.54, 1.807) is 17.5 Å². The minimum absolute atomic E-state index is 0.109. The van der Waals surface area contributed by atoms with Crippen LogP contribution in [0.2, 0.25) is 0 Å². The molecule has 8 nitrogen and oxygen atoms in total. The van der Waals surface area contributed by atoms with E-state index in [1.165, 1.54) is 23.7 Å². The van der Waals surface area contributed by atoms with E-state index in [0.717, 1.165) is 48.2 Å². The number of hydrogen-bond donors (Lipinski definition) is 0. The fourth-order valence-corrected chi connectivity index (χ4v) is 5.17. The number of esters is 1. The van der Waals surface area contributed by atoms with Crippen molar-refractivity contribution < 1.29 is 14.3 Å². The normalized spacial score (nSPS) is 16.3. The Morgan fingerprint density at radius 2 is 2.14 bits per heavy atom. The highest BCUT2D eigenvalue weighted by Crippen LogP contribution is 2.25. The fraction of sp³-hybridized carbons (Fsp3) is 0.423. The number of carbonyl (C=O) groups excluding carboxylic acids is 2. The highest BCUT2D eigenvalue weighted by molar-refractivity contribution is 7.09. The molecule has 1 aliphatic rings. The molecule has 3 aromatic rings. The van der Waals surface area contributed by atoms with Crippen LogP contribution in [0, 0.1) is 5.92 Å². The Bertz CT molecular complexity index is 1310. The lowest BCUT2D eigenvalue weighted by Crippen LogP contribution is -2.38. The zero-order chi connectivity index (χ0) is 24.9. The maximum absolute atomic E-state index is 13.4. The van der Waals surface area contributed by atoms with Crippen LogP contribution < -0.4 is 10.5 Å². The smallest absolute Gasteiger partial charge is 0.330 e.